The maximum Gasteiger partial charge on any atom is 0.347 e. The summed E-state index contributed by atoms with van der Waals surface area (Å²) < 4.78 is 12.4. The van der Waals surface area contributed by atoms with Crippen LogP contribution in [0.2, 0.25) is 0 Å². The maximum absolute atomic E-state index is 12.5. The zero-order valence-electron chi connectivity index (χ0n) is 20.5. The van der Waals surface area contributed by atoms with Gasteiger partial charge in [0.15, 0.2) is 5.60 Å². The summed E-state index contributed by atoms with van der Waals surface area (Å²) in [6.07, 6.45) is 0. The van der Waals surface area contributed by atoms with E-state index in [1.807, 2.05) is 48.2 Å². The third-order valence-corrected chi connectivity index (χ3v) is 5.91. The van der Waals surface area contributed by atoms with Gasteiger partial charge in [0.25, 0.3) is 0 Å². The van der Waals surface area contributed by atoms with Crippen LogP contribution in [0.4, 0.5) is 0 Å². The molecule has 0 fully saturated rings. The molecule has 0 aliphatic rings. The Balaban J connectivity index is 1.79. The smallest absolute Gasteiger partial charge is 0.347 e. The number of amides is 1. The number of benzene rings is 2. The van der Waals surface area contributed by atoms with Crippen LogP contribution in [0.5, 0.6) is 5.75 Å². The van der Waals surface area contributed by atoms with E-state index in [2.05, 4.69) is 15.9 Å². The lowest BCUT2D eigenvalue weighted by Crippen LogP contribution is -2.37. The molecule has 0 unspecified atom stereocenters. The lowest BCUT2D eigenvalue weighted by atomic mass is 10.1. The van der Waals surface area contributed by atoms with Gasteiger partial charge in [-0.05, 0) is 56.7 Å². The van der Waals surface area contributed by atoms with Crippen molar-refractivity contribution in [3.8, 4) is 17.2 Å². The molecule has 1 heterocycles. The second-order valence-electron chi connectivity index (χ2n) is 9.03. The largest absolute Gasteiger partial charge is 0.478 e. The fraction of sp³-hybridized carbons (Fsp3) is 0.346. The molecule has 3 aromatic rings. The van der Waals surface area contributed by atoms with Crippen molar-refractivity contribution in [3.05, 3.63) is 70.0 Å². The molecule has 0 atom stereocenters. The first kappa shape index (κ1) is 26.4. The van der Waals surface area contributed by atoms with Crippen molar-refractivity contribution in [2.24, 2.45) is 0 Å². The Labute approximate surface area is 213 Å². The van der Waals surface area contributed by atoms with Crippen LogP contribution in [0.25, 0.3) is 11.5 Å². The Morgan fingerprint density at radius 2 is 1.80 bits per heavy atom. The summed E-state index contributed by atoms with van der Waals surface area (Å²) in [5.74, 6) is 0.618. The highest BCUT2D eigenvalue weighted by Crippen LogP contribution is 2.26. The Hall–Kier alpha value is -3.17. The van der Waals surface area contributed by atoms with Crippen molar-refractivity contribution in [3.63, 3.8) is 0 Å². The van der Waals surface area contributed by atoms with Gasteiger partial charge in [-0.25, -0.2) is 9.78 Å². The molecule has 0 saturated carbocycles. The Kier molecular flexibility index (Phi) is 8.34. The van der Waals surface area contributed by atoms with Gasteiger partial charge in [-0.2, -0.15) is 0 Å². The van der Waals surface area contributed by atoms with Crippen molar-refractivity contribution >= 4 is 27.8 Å². The van der Waals surface area contributed by atoms with Gasteiger partial charge in [-0.1, -0.05) is 34.1 Å². The molecule has 0 bridgehead atoms. The monoisotopic (exact) mass is 543 g/mol. The summed E-state index contributed by atoms with van der Waals surface area (Å²) in [5, 5.41) is 9.27. The van der Waals surface area contributed by atoms with E-state index in [4.69, 9.17) is 14.1 Å². The summed E-state index contributed by atoms with van der Waals surface area (Å²) in [7, 11) is 3.45. The fourth-order valence-electron chi connectivity index (χ4n) is 3.29. The van der Waals surface area contributed by atoms with Crippen molar-refractivity contribution in [1.29, 1.82) is 0 Å². The van der Waals surface area contributed by atoms with Gasteiger partial charge in [0, 0.05) is 37.2 Å². The van der Waals surface area contributed by atoms with E-state index >= 15 is 0 Å². The Bertz CT molecular complexity index is 1190. The summed E-state index contributed by atoms with van der Waals surface area (Å²) in [6.45, 7) is 5.98. The lowest BCUT2D eigenvalue weighted by Gasteiger charge is -2.24. The van der Waals surface area contributed by atoms with Crippen LogP contribution in [0.3, 0.4) is 0 Å². The van der Waals surface area contributed by atoms with E-state index in [-0.39, 0.29) is 12.5 Å². The normalized spacial score (nSPS) is 11.5. The number of ether oxygens (including phenoxy) is 1. The molecule has 1 N–H and O–H groups in total. The van der Waals surface area contributed by atoms with Crippen molar-refractivity contribution < 1.29 is 23.8 Å². The lowest BCUT2D eigenvalue weighted by molar-refractivity contribution is -0.152. The first-order valence-corrected chi connectivity index (χ1v) is 11.9. The van der Waals surface area contributed by atoms with Crippen LogP contribution in [0.15, 0.2) is 57.4 Å². The third kappa shape index (κ3) is 7.16. The van der Waals surface area contributed by atoms with Crippen molar-refractivity contribution in [2.75, 3.05) is 20.6 Å². The number of nitrogens with zero attached hydrogens (tertiary/aromatic N) is 3. The number of carboxylic acids is 1. The second-order valence-corrected chi connectivity index (χ2v) is 9.94. The first-order chi connectivity index (χ1) is 16.4. The van der Waals surface area contributed by atoms with Crippen molar-refractivity contribution in [2.45, 2.75) is 39.5 Å². The average molecular weight is 544 g/mol. The fourth-order valence-corrected chi connectivity index (χ4v) is 3.69. The molecule has 0 spiro atoms. The van der Waals surface area contributed by atoms with Gasteiger partial charge < -0.3 is 19.2 Å². The van der Waals surface area contributed by atoms with Gasteiger partial charge in [0.1, 0.15) is 11.5 Å². The predicted molar refractivity (Wildman–Crippen MR) is 136 cm³/mol. The van der Waals surface area contributed by atoms with Crippen LogP contribution >= 0.6 is 15.9 Å². The molecule has 1 aromatic heterocycles. The number of aliphatic carboxylic acids is 1. The predicted octanol–water partition coefficient (Wildman–Crippen LogP) is 4.74. The molecule has 2 aromatic carbocycles. The highest BCUT2D eigenvalue weighted by molar-refractivity contribution is 9.10. The molecule has 0 aliphatic heterocycles. The zero-order chi connectivity index (χ0) is 25.8. The molecule has 0 radical (unpaired) electrons. The number of carbonyl (C=O) groups excluding carboxylic acids is 1. The number of carboxylic acid groups (broad SMARTS) is 1. The number of rotatable bonds is 10. The van der Waals surface area contributed by atoms with Gasteiger partial charge in [-0.3, -0.25) is 9.69 Å². The first-order valence-electron chi connectivity index (χ1n) is 11.1. The molecule has 35 heavy (non-hydrogen) atoms. The van der Waals surface area contributed by atoms with E-state index in [1.54, 1.807) is 31.1 Å². The maximum atomic E-state index is 12.5. The van der Waals surface area contributed by atoms with E-state index < -0.39 is 11.6 Å². The van der Waals surface area contributed by atoms with Gasteiger partial charge >= 0.3 is 5.97 Å². The Morgan fingerprint density at radius 1 is 1.11 bits per heavy atom. The molecule has 9 heteroatoms. The molecule has 0 saturated heterocycles. The minimum absolute atomic E-state index is 0.0264. The van der Waals surface area contributed by atoms with E-state index in [1.165, 1.54) is 13.8 Å². The number of aromatic nitrogens is 1. The third-order valence-electron chi connectivity index (χ3n) is 5.41. The number of oxazole rings is 1. The number of halogens is 1. The number of carbonyl (C=O) groups is 2. The molecular weight excluding hydrogens is 514 g/mol. The summed E-state index contributed by atoms with van der Waals surface area (Å²) in [6, 6.07) is 14.9. The molecule has 0 aliphatic carbocycles. The number of hydrogen-bond acceptors (Lipinski definition) is 6. The Morgan fingerprint density at radius 3 is 2.40 bits per heavy atom. The molecular formula is C26H30BrN3O5. The SMILES string of the molecule is Cc1oc(-c2cccc(Br)c2)nc1CN(CC(=O)N(C)C)Cc1ccc(OC(C)(C)C(=O)O)cc1. The molecule has 3 rings (SSSR count). The summed E-state index contributed by atoms with van der Waals surface area (Å²) in [5.41, 5.74) is 1.24. The molecule has 8 nitrogen and oxygen atoms in total. The van der Waals surface area contributed by atoms with Crippen LogP contribution in [-0.2, 0) is 22.7 Å². The van der Waals surface area contributed by atoms with E-state index in [0.29, 0.717) is 30.5 Å². The van der Waals surface area contributed by atoms with E-state index in [0.717, 1.165) is 21.3 Å². The average Bonchev–Trinajstić information content (AvgIpc) is 3.15. The van der Waals surface area contributed by atoms with Crippen LogP contribution in [0.1, 0.15) is 30.9 Å². The quantitative estimate of drug-likeness (QED) is 0.394. The van der Waals surface area contributed by atoms with Crippen molar-refractivity contribution in [1.82, 2.24) is 14.8 Å². The molecule has 1 amide bonds. The molecule has 186 valence electrons. The summed E-state index contributed by atoms with van der Waals surface area (Å²) >= 11 is 3.47. The minimum Gasteiger partial charge on any atom is -0.478 e. The van der Waals surface area contributed by atoms with E-state index in [9.17, 15) is 14.7 Å². The second kappa shape index (κ2) is 11.0. The van der Waals surface area contributed by atoms with Crippen LogP contribution < -0.4 is 4.74 Å². The minimum atomic E-state index is -1.33. The standard InChI is InChI=1S/C26H30BrN3O5/c1-17-22(28-24(34-17)19-7-6-8-20(27)13-19)15-30(16-23(31)29(4)5)14-18-9-11-21(12-10-18)35-26(2,3)25(32)33/h6-13H,14-16H2,1-5H3,(H,32,33). The number of hydrogen-bond donors (Lipinski definition) is 1. The van der Waals surface area contributed by atoms with Gasteiger partial charge in [0.2, 0.25) is 11.8 Å². The van der Waals surface area contributed by atoms with Crippen LogP contribution in [0, 0.1) is 6.92 Å². The number of likely N-dealkylation sites (N-methyl/N-ethyl adjacent to an activating group) is 1. The van der Waals surface area contributed by atoms with Gasteiger partial charge in [-0.15, -0.1) is 0 Å². The highest BCUT2D eigenvalue weighted by atomic mass is 79.9. The highest BCUT2D eigenvalue weighted by Gasteiger charge is 2.29. The van der Waals surface area contributed by atoms with Gasteiger partial charge in [0.05, 0.1) is 12.2 Å². The number of aryl methyl sites for hydroxylation is 1. The topological polar surface area (TPSA) is 96.1 Å². The zero-order valence-corrected chi connectivity index (χ0v) is 22.1. The summed E-state index contributed by atoms with van der Waals surface area (Å²) in [4.78, 5) is 32.1. The van der Waals surface area contributed by atoms with Crippen LogP contribution in [-0.4, -0.2) is 58.0 Å².